The molecular weight excluding hydrogens is 328 g/mol. The van der Waals surface area contributed by atoms with Gasteiger partial charge < -0.3 is 4.48 Å². The molecule has 0 radical (unpaired) electrons. The van der Waals surface area contributed by atoms with Gasteiger partial charge in [-0.25, -0.2) is 0 Å². The highest BCUT2D eigenvalue weighted by Gasteiger charge is 1.97. The van der Waals surface area contributed by atoms with Gasteiger partial charge in [-0.05, 0) is 6.92 Å². The van der Waals surface area contributed by atoms with E-state index in [1.165, 1.54) is 6.54 Å². The smallest absolute Gasteiger partial charge is 0.0751 e. The first kappa shape index (κ1) is 16.2. The molecule has 8 heavy (non-hydrogen) atoms. The molecule has 3 heteroatoms. The minimum Gasteiger partial charge on any atom is -0.331 e. The van der Waals surface area contributed by atoms with Crippen molar-refractivity contribution in [2.24, 2.45) is 0 Å². The lowest BCUT2D eigenvalue weighted by atomic mass is 10.6. The molecule has 1 nitrogen and oxygen atoms in total. The van der Waals surface area contributed by atoms with E-state index in [2.05, 4.69) is 28.1 Å². The number of nitrogens with zero attached hydrogens (tertiary/aromatic N) is 1. The summed E-state index contributed by atoms with van der Waals surface area (Å²) in [7, 11) is 6.54. The number of quaternary nitrogens is 1. The number of hydrogen-bond acceptors (Lipinski definition) is 0. The molecule has 54 valence electrons. The summed E-state index contributed by atoms with van der Waals surface area (Å²) in [6.45, 7) is 3.39. The van der Waals surface area contributed by atoms with Gasteiger partial charge >= 0.3 is 0 Å². The summed E-state index contributed by atoms with van der Waals surface area (Å²) in [4.78, 5) is 0. The van der Waals surface area contributed by atoms with Crippen LogP contribution in [0.25, 0.3) is 0 Å². The Hall–Kier alpha value is 1.42. The van der Waals surface area contributed by atoms with Crippen molar-refractivity contribution < 1.29 is 4.48 Å². The molecule has 0 amide bonds. The van der Waals surface area contributed by atoms with Crippen molar-refractivity contribution >= 4 is 48.0 Å². The summed E-state index contributed by atoms with van der Waals surface area (Å²) in [6.07, 6.45) is 0. The predicted molar refractivity (Wildman–Crippen MR) is 59.4 cm³/mol. The summed E-state index contributed by atoms with van der Waals surface area (Å²) in [5, 5.41) is 0. The standard InChI is InChI=1S/C5H14N.2HI/c1-5-6(2,3)4;;/h5H2,1-4H3;2*1H/q+1;;. The van der Waals surface area contributed by atoms with E-state index in [0.717, 1.165) is 4.48 Å². The van der Waals surface area contributed by atoms with Crippen molar-refractivity contribution in [3.05, 3.63) is 0 Å². The molecule has 0 unspecified atom stereocenters. The molecular formula is C5H16I2N+. The van der Waals surface area contributed by atoms with Crippen molar-refractivity contribution in [3.63, 3.8) is 0 Å². The average molecular weight is 344 g/mol. The van der Waals surface area contributed by atoms with Gasteiger partial charge in [0.2, 0.25) is 0 Å². The van der Waals surface area contributed by atoms with Crippen LogP contribution in [-0.4, -0.2) is 32.2 Å². The van der Waals surface area contributed by atoms with Crippen LogP contribution >= 0.6 is 48.0 Å². The van der Waals surface area contributed by atoms with E-state index in [1.807, 2.05) is 0 Å². The Balaban J connectivity index is -0.000000125. The van der Waals surface area contributed by atoms with Crippen LogP contribution in [0.15, 0.2) is 0 Å². The van der Waals surface area contributed by atoms with E-state index in [-0.39, 0.29) is 48.0 Å². The molecule has 0 spiro atoms. The fourth-order valence-corrected chi connectivity index (χ4v) is 0. The molecule has 0 aliphatic carbocycles. The molecule has 0 fully saturated rings. The van der Waals surface area contributed by atoms with Crippen LogP contribution in [-0.2, 0) is 0 Å². The zero-order valence-corrected chi connectivity index (χ0v) is 10.6. The fraction of sp³-hybridized carbons (Fsp3) is 1.00. The maximum Gasteiger partial charge on any atom is 0.0751 e. The van der Waals surface area contributed by atoms with Crippen molar-refractivity contribution in [2.45, 2.75) is 6.92 Å². The highest BCUT2D eigenvalue weighted by Crippen LogP contribution is 1.83. The first-order valence-electron chi connectivity index (χ1n) is 2.36. The van der Waals surface area contributed by atoms with Crippen LogP contribution in [0.5, 0.6) is 0 Å². The predicted octanol–water partition coefficient (Wildman–Crippen LogP) is 1.95. The lowest BCUT2D eigenvalue weighted by Crippen LogP contribution is -2.33. The van der Waals surface area contributed by atoms with Gasteiger partial charge in [0.15, 0.2) is 0 Å². The summed E-state index contributed by atoms with van der Waals surface area (Å²) >= 11 is 0. The molecule has 0 aromatic carbocycles. The SMILES string of the molecule is CC[N+](C)(C)C.I.I. The van der Waals surface area contributed by atoms with Gasteiger partial charge in [0.25, 0.3) is 0 Å². The second kappa shape index (κ2) is 6.54. The van der Waals surface area contributed by atoms with Crippen molar-refractivity contribution in [2.75, 3.05) is 27.7 Å². The molecule has 0 saturated heterocycles. The highest BCUT2D eigenvalue weighted by atomic mass is 127. The maximum atomic E-state index is 2.18. The Morgan fingerprint density at radius 2 is 1.12 bits per heavy atom. The molecule has 0 atom stereocenters. The fourth-order valence-electron chi connectivity index (χ4n) is 0. The Labute approximate surface area is 86.5 Å². The minimum atomic E-state index is 0. The Bertz CT molecular complexity index is 40.2. The first-order valence-corrected chi connectivity index (χ1v) is 2.36. The third-order valence-electron chi connectivity index (χ3n) is 0.949. The summed E-state index contributed by atoms with van der Waals surface area (Å²) in [5.41, 5.74) is 0. The van der Waals surface area contributed by atoms with E-state index in [9.17, 15) is 0 Å². The molecule has 0 bridgehead atoms. The van der Waals surface area contributed by atoms with Gasteiger partial charge in [0.1, 0.15) is 0 Å². The third-order valence-corrected chi connectivity index (χ3v) is 0.949. The van der Waals surface area contributed by atoms with Gasteiger partial charge in [0.05, 0.1) is 27.7 Å². The maximum absolute atomic E-state index is 2.18. The van der Waals surface area contributed by atoms with Crippen LogP contribution in [0, 0.1) is 0 Å². The van der Waals surface area contributed by atoms with E-state index < -0.39 is 0 Å². The van der Waals surface area contributed by atoms with Gasteiger partial charge in [-0.15, -0.1) is 48.0 Å². The number of hydrogen-bond donors (Lipinski definition) is 0. The second-order valence-corrected chi connectivity index (χ2v) is 2.61. The monoisotopic (exact) mass is 344 g/mol. The minimum absolute atomic E-state index is 0. The Morgan fingerprint density at radius 3 is 1.12 bits per heavy atom. The average Bonchev–Trinajstić information content (AvgIpc) is 1.35. The molecule has 0 heterocycles. The second-order valence-electron chi connectivity index (χ2n) is 2.61. The number of halogens is 2. The quantitative estimate of drug-likeness (QED) is 0.504. The van der Waals surface area contributed by atoms with E-state index >= 15 is 0 Å². The lowest BCUT2D eigenvalue weighted by molar-refractivity contribution is -0.868. The first-order chi connectivity index (χ1) is 2.56. The van der Waals surface area contributed by atoms with E-state index in [0.29, 0.717) is 0 Å². The van der Waals surface area contributed by atoms with Gasteiger partial charge in [0, 0.05) is 0 Å². The van der Waals surface area contributed by atoms with Crippen LogP contribution in [0.2, 0.25) is 0 Å². The molecule has 0 saturated carbocycles. The Kier molecular flexibility index (Phi) is 13.2. The largest absolute Gasteiger partial charge is 0.331 e. The highest BCUT2D eigenvalue weighted by molar-refractivity contribution is 14.0. The molecule has 0 aromatic rings. The van der Waals surface area contributed by atoms with Gasteiger partial charge in [-0.3, -0.25) is 0 Å². The lowest BCUT2D eigenvalue weighted by Gasteiger charge is -2.20. The Morgan fingerprint density at radius 1 is 1.00 bits per heavy atom. The number of rotatable bonds is 1. The molecule has 0 aliphatic rings. The molecule has 0 N–H and O–H groups in total. The van der Waals surface area contributed by atoms with E-state index in [4.69, 9.17) is 0 Å². The summed E-state index contributed by atoms with van der Waals surface area (Å²) in [6, 6.07) is 0. The summed E-state index contributed by atoms with van der Waals surface area (Å²) in [5.74, 6) is 0. The van der Waals surface area contributed by atoms with Crippen LogP contribution < -0.4 is 0 Å². The topological polar surface area (TPSA) is 0 Å². The van der Waals surface area contributed by atoms with Gasteiger partial charge in [-0.2, -0.15) is 0 Å². The summed E-state index contributed by atoms with van der Waals surface area (Å²) < 4.78 is 1.07. The van der Waals surface area contributed by atoms with E-state index in [1.54, 1.807) is 0 Å². The van der Waals surface area contributed by atoms with Crippen LogP contribution in [0.1, 0.15) is 6.92 Å². The zero-order valence-electron chi connectivity index (χ0n) is 5.97. The van der Waals surface area contributed by atoms with Gasteiger partial charge in [-0.1, -0.05) is 0 Å². The third kappa shape index (κ3) is 15.7. The van der Waals surface area contributed by atoms with Crippen LogP contribution in [0.4, 0.5) is 0 Å². The molecule has 0 aromatic heterocycles. The zero-order chi connectivity index (χ0) is 5.21. The van der Waals surface area contributed by atoms with Crippen LogP contribution in [0.3, 0.4) is 0 Å². The molecule has 0 aliphatic heterocycles. The van der Waals surface area contributed by atoms with Crippen molar-refractivity contribution in [1.82, 2.24) is 0 Å². The molecule has 0 rings (SSSR count). The van der Waals surface area contributed by atoms with Crippen molar-refractivity contribution in [3.8, 4) is 0 Å². The normalized spacial score (nSPS) is 9.00. The van der Waals surface area contributed by atoms with Crippen molar-refractivity contribution in [1.29, 1.82) is 0 Å².